The predicted octanol–water partition coefficient (Wildman–Crippen LogP) is 5.40. The molecule has 0 atom stereocenters. The van der Waals surface area contributed by atoms with Crippen molar-refractivity contribution < 1.29 is 23.7 Å². The Morgan fingerprint density at radius 3 is 2.63 bits per heavy atom. The topological polar surface area (TPSA) is 124 Å². The van der Waals surface area contributed by atoms with E-state index in [1.54, 1.807) is 19.1 Å². The highest BCUT2D eigenvalue weighted by Crippen LogP contribution is 2.31. The molecule has 35 heavy (non-hydrogen) atoms. The highest BCUT2D eigenvalue weighted by molar-refractivity contribution is 6.32. The van der Waals surface area contributed by atoms with Crippen molar-refractivity contribution in [1.82, 2.24) is 5.43 Å². The maximum absolute atomic E-state index is 12.8. The van der Waals surface area contributed by atoms with Crippen LogP contribution in [0.15, 0.2) is 52.0 Å². The standard InChI is InChI=1S/C25H22ClN3O6/c1-3-15-7-10-17(11-8-15)34-25(31)23-14(2)22-19(5-4-6-21(22)35-23)27-28-24(30)16-9-12-18(26)20(13-16)29(32)33/h7-13H,3-6H2,1-2H3,(H,28,30)/b27-19+. The fourth-order valence-electron chi connectivity index (χ4n) is 3.90. The van der Waals surface area contributed by atoms with Gasteiger partial charge in [0.25, 0.3) is 11.6 Å². The number of hydrogen-bond acceptors (Lipinski definition) is 7. The molecule has 0 bridgehead atoms. The summed E-state index contributed by atoms with van der Waals surface area (Å²) in [5.74, 6) is -0.140. The first-order chi connectivity index (χ1) is 16.8. The van der Waals surface area contributed by atoms with Gasteiger partial charge in [-0.1, -0.05) is 30.7 Å². The Bertz CT molecular complexity index is 1340. The third-order valence-electron chi connectivity index (χ3n) is 5.75. The molecule has 0 spiro atoms. The average Bonchev–Trinajstić information content (AvgIpc) is 3.20. The van der Waals surface area contributed by atoms with Gasteiger partial charge in [-0.25, -0.2) is 10.2 Å². The van der Waals surface area contributed by atoms with Crippen LogP contribution in [-0.2, 0) is 12.8 Å². The number of nitrogens with one attached hydrogen (secondary N) is 1. The minimum absolute atomic E-state index is 0.0451. The number of nitrogens with zero attached hydrogens (tertiary/aromatic N) is 2. The smallest absolute Gasteiger partial charge is 0.379 e. The number of nitro benzene ring substituents is 1. The Morgan fingerprint density at radius 1 is 1.20 bits per heavy atom. The van der Waals surface area contributed by atoms with Gasteiger partial charge >= 0.3 is 5.97 Å². The van der Waals surface area contributed by atoms with Crippen molar-refractivity contribution in [2.45, 2.75) is 39.5 Å². The van der Waals surface area contributed by atoms with E-state index in [-0.39, 0.29) is 22.0 Å². The maximum atomic E-state index is 12.8. The molecular weight excluding hydrogens is 474 g/mol. The molecule has 1 aromatic heterocycles. The van der Waals surface area contributed by atoms with Gasteiger partial charge in [0.15, 0.2) is 0 Å². The SMILES string of the molecule is CCc1ccc(OC(=O)c2oc3c(c2C)/C(=N/NC(=O)c2ccc(Cl)c([N+](=O)[O-])c2)CCC3)cc1. The molecule has 1 aliphatic rings. The van der Waals surface area contributed by atoms with E-state index in [0.717, 1.165) is 18.1 Å². The molecule has 0 unspecified atom stereocenters. The van der Waals surface area contributed by atoms with Gasteiger partial charge < -0.3 is 9.15 Å². The van der Waals surface area contributed by atoms with Crippen LogP contribution in [0.2, 0.25) is 5.02 Å². The van der Waals surface area contributed by atoms with E-state index in [2.05, 4.69) is 10.5 Å². The van der Waals surface area contributed by atoms with Crippen LogP contribution in [0.4, 0.5) is 5.69 Å². The molecule has 0 aliphatic heterocycles. The van der Waals surface area contributed by atoms with Gasteiger partial charge in [-0.05, 0) is 56.0 Å². The van der Waals surface area contributed by atoms with Crippen molar-refractivity contribution in [3.05, 3.63) is 91.4 Å². The highest BCUT2D eigenvalue weighted by atomic mass is 35.5. The van der Waals surface area contributed by atoms with E-state index in [1.165, 1.54) is 12.1 Å². The molecule has 4 rings (SSSR count). The van der Waals surface area contributed by atoms with Crippen LogP contribution in [-0.4, -0.2) is 22.5 Å². The van der Waals surface area contributed by atoms with Crippen LogP contribution in [0.5, 0.6) is 5.75 Å². The summed E-state index contributed by atoms with van der Waals surface area (Å²) in [6, 6.07) is 11.0. The highest BCUT2D eigenvalue weighted by Gasteiger charge is 2.29. The lowest BCUT2D eigenvalue weighted by molar-refractivity contribution is -0.384. The summed E-state index contributed by atoms with van der Waals surface area (Å²) in [4.78, 5) is 35.8. The van der Waals surface area contributed by atoms with Crippen LogP contribution in [0.1, 0.15) is 63.1 Å². The number of ether oxygens (including phenoxy) is 1. The van der Waals surface area contributed by atoms with Gasteiger partial charge in [0.05, 0.1) is 10.6 Å². The zero-order valence-electron chi connectivity index (χ0n) is 19.1. The lowest BCUT2D eigenvalue weighted by atomic mass is 9.93. The molecule has 1 amide bonds. The number of amides is 1. The molecule has 180 valence electrons. The maximum Gasteiger partial charge on any atom is 0.379 e. The number of hydrogen-bond donors (Lipinski definition) is 1. The molecule has 3 aromatic rings. The number of fused-ring (bicyclic) bond motifs is 1. The molecule has 10 heteroatoms. The van der Waals surface area contributed by atoms with Crippen molar-refractivity contribution >= 4 is 34.9 Å². The van der Waals surface area contributed by atoms with Gasteiger partial charge in [0.2, 0.25) is 5.76 Å². The molecule has 1 heterocycles. The number of furan rings is 1. The number of nitro groups is 1. The lowest BCUT2D eigenvalue weighted by Crippen LogP contribution is -2.22. The van der Waals surface area contributed by atoms with Crippen LogP contribution in [0, 0.1) is 17.0 Å². The summed E-state index contributed by atoms with van der Waals surface area (Å²) in [6.07, 6.45) is 2.77. The van der Waals surface area contributed by atoms with Crippen LogP contribution in [0.25, 0.3) is 0 Å². The monoisotopic (exact) mass is 495 g/mol. The van der Waals surface area contributed by atoms with Gasteiger partial charge in [-0.2, -0.15) is 5.10 Å². The number of aryl methyl sites for hydroxylation is 2. The summed E-state index contributed by atoms with van der Waals surface area (Å²) >= 11 is 5.81. The van der Waals surface area contributed by atoms with E-state index >= 15 is 0 Å². The molecular formula is C25H22ClN3O6. The zero-order valence-corrected chi connectivity index (χ0v) is 19.8. The summed E-state index contributed by atoms with van der Waals surface area (Å²) in [6.45, 7) is 3.78. The van der Waals surface area contributed by atoms with Crippen molar-refractivity contribution in [3.63, 3.8) is 0 Å². The van der Waals surface area contributed by atoms with E-state index in [0.29, 0.717) is 47.6 Å². The number of carbonyl (C=O) groups is 2. The van der Waals surface area contributed by atoms with E-state index in [4.69, 9.17) is 20.8 Å². The Hall–Kier alpha value is -3.98. The largest absolute Gasteiger partial charge is 0.453 e. The Labute approximate surface area is 205 Å². The normalized spacial score (nSPS) is 13.9. The van der Waals surface area contributed by atoms with E-state index in [9.17, 15) is 19.7 Å². The number of esters is 1. The minimum Gasteiger partial charge on any atom is -0.453 e. The van der Waals surface area contributed by atoms with E-state index < -0.39 is 16.8 Å². The third-order valence-corrected chi connectivity index (χ3v) is 6.07. The molecule has 9 nitrogen and oxygen atoms in total. The number of halogens is 1. The summed E-state index contributed by atoms with van der Waals surface area (Å²) in [5, 5.41) is 15.3. The Morgan fingerprint density at radius 2 is 1.94 bits per heavy atom. The average molecular weight is 496 g/mol. The molecule has 2 aromatic carbocycles. The van der Waals surface area contributed by atoms with Gasteiger partial charge in [-0.15, -0.1) is 0 Å². The second-order valence-electron chi connectivity index (χ2n) is 8.02. The number of hydrazone groups is 1. The molecule has 0 fully saturated rings. The van der Waals surface area contributed by atoms with Crippen molar-refractivity contribution in [2.75, 3.05) is 0 Å². The predicted molar refractivity (Wildman–Crippen MR) is 129 cm³/mol. The molecule has 0 saturated carbocycles. The number of carbonyl (C=O) groups excluding carboxylic acids is 2. The first-order valence-corrected chi connectivity index (χ1v) is 11.4. The first kappa shape index (κ1) is 24.2. The zero-order chi connectivity index (χ0) is 25.1. The quantitative estimate of drug-likeness (QED) is 0.211. The van der Waals surface area contributed by atoms with Gasteiger partial charge in [0, 0.05) is 29.2 Å². The summed E-state index contributed by atoms with van der Waals surface area (Å²) < 4.78 is 11.3. The molecule has 0 radical (unpaired) electrons. The summed E-state index contributed by atoms with van der Waals surface area (Å²) in [7, 11) is 0. The number of rotatable bonds is 6. The lowest BCUT2D eigenvalue weighted by Gasteiger charge is -2.13. The fraction of sp³-hybridized carbons (Fsp3) is 0.240. The molecule has 1 aliphatic carbocycles. The van der Waals surface area contributed by atoms with E-state index in [1.807, 2.05) is 19.1 Å². The van der Waals surface area contributed by atoms with Crippen molar-refractivity contribution in [1.29, 1.82) is 0 Å². The summed E-state index contributed by atoms with van der Waals surface area (Å²) in [5.41, 5.74) is 5.03. The van der Waals surface area contributed by atoms with Gasteiger partial charge in [0.1, 0.15) is 16.5 Å². The molecule has 0 saturated heterocycles. The first-order valence-electron chi connectivity index (χ1n) is 11.0. The minimum atomic E-state index is -0.661. The third kappa shape index (κ3) is 5.09. The van der Waals surface area contributed by atoms with Crippen LogP contribution >= 0.6 is 11.6 Å². The van der Waals surface area contributed by atoms with Gasteiger partial charge in [-0.3, -0.25) is 14.9 Å². The van der Waals surface area contributed by atoms with Crippen molar-refractivity contribution in [2.24, 2.45) is 5.10 Å². The number of benzene rings is 2. The van der Waals surface area contributed by atoms with Crippen LogP contribution < -0.4 is 10.2 Å². The second-order valence-corrected chi connectivity index (χ2v) is 8.42. The Balaban J connectivity index is 1.55. The van der Waals surface area contributed by atoms with Crippen LogP contribution in [0.3, 0.4) is 0 Å². The molecule has 1 N–H and O–H groups in total. The Kier molecular flexibility index (Phi) is 6.97. The van der Waals surface area contributed by atoms with Crippen molar-refractivity contribution in [3.8, 4) is 5.75 Å². The second kappa shape index (κ2) is 10.1. The fourth-order valence-corrected chi connectivity index (χ4v) is 4.08.